The first-order chi connectivity index (χ1) is 6.75. The van der Waals surface area contributed by atoms with Crippen LogP contribution in [-0.2, 0) is 6.18 Å². The van der Waals surface area contributed by atoms with Crippen molar-refractivity contribution in [2.24, 2.45) is 0 Å². The summed E-state index contributed by atoms with van der Waals surface area (Å²) in [6.45, 7) is 0. The first kappa shape index (κ1) is 12.0. The molecule has 0 amide bonds. The van der Waals surface area contributed by atoms with E-state index in [1.807, 2.05) is 0 Å². The molecule has 84 valence electrons. The molecule has 0 aliphatic carbocycles. The molecule has 0 bridgehead atoms. The monoisotopic (exact) mass is 247 g/mol. The third kappa shape index (κ3) is 2.28. The van der Waals surface area contributed by atoms with Crippen molar-refractivity contribution in [1.29, 1.82) is 0 Å². The smallest absolute Gasteiger partial charge is 0.419 e. The van der Waals surface area contributed by atoms with E-state index in [1.54, 1.807) is 0 Å². The molecule has 0 aliphatic rings. The molecule has 0 fully saturated rings. The largest absolute Gasteiger partial charge is 0.504 e. The van der Waals surface area contributed by atoms with Gasteiger partial charge in [0.05, 0.1) is 10.6 Å². The zero-order chi connectivity index (χ0) is 11.8. The zero-order valence-corrected chi connectivity index (χ0v) is 7.57. The molecule has 0 saturated heterocycles. The summed E-state index contributed by atoms with van der Waals surface area (Å²) in [6.07, 6.45) is -7.88. The fourth-order valence-electron chi connectivity index (χ4n) is 0.849. The molecule has 0 aromatic carbocycles. The lowest BCUT2D eigenvalue weighted by Gasteiger charge is -2.11. The third-order valence-electron chi connectivity index (χ3n) is 1.53. The van der Waals surface area contributed by atoms with Crippen LogP contribution in [0.15, 0.2) is 6.20 Å². The van der Waals surface area contributed by atoms with Gasteiger partial charge in [-0.1, -0.05) is 11.6 Å². The van der Waals surface area contributed by atoms with Crippen LogP contribution in [0.2, 0.25) is 5.02 Å². The number of rotatable bonds is 1. The second-order valence-corrected chi connectivity index (χ2v) is 2.90. The Hall–Kier alpha value is -1.11. The van der Waals surface area contributed by atoms with Crippen LogP contribution in [-0.4, -0.2) is 10.1 Å². The van der Waals surface area contributed by atoms with Crippen molar-refractivity contribution < 1.29 is 27.1 Å². The highest BCUT2D eigenvalue weighted by Gasteiger charge is 2.36. The Kier molecular flexibility index (Phi) is 3.03. The Bertz CT molecular complexity index is 378. The number of aromatic nitrogens is 1. The first-order valence-electron chi connectivity index (χ1n) is 3.48. The van der Waals surface area contributed by atoms with Crippen LogP contribution >= 0.6 is 11.6 Å². The van der Waals surface area contributed by atoms with E-state index >= 15 is 0 Å². The molecule has 0 spiro atoms. The average molecular weight is 248 g/mol. The van der Waals surface area contributed by atoms with E-state index in [2.05, 4.69) is 4.98 Å². The molecule has 0 aliphatic heterocycles. The molecule has 1 heterocycles. The second kappa shape index (κ2) is 3.80. The summed E-state index contributed by atoms with van der Waals surface area (Å²) in [5.74, 6) is -1.35. The van der Waals surface area contributed by atoms with Gasteiger partial charge in [0, 0.05) is 6.20 Å². The number of hydrogen-bond acceptors (Lipinski definition) is 2. The van der Waals surface area contributed by atoms with Gasteiger partial charge in [0.25, 0.3) is 6.43 Å². The number of alkyl halides is 5. The van der Waals surface area contributed by atoms with Gasteiger partial charge in [-0.25, -0.2) is 8.78 Å². The predicted octanol–water partition coefficient (Wildman–Crippen LogP) is 3.40. The highest BCUT2D eigenvalue weighted by atomic mass is 35.5. The number of halogens is 6. The maximum absolute atomic E-state index is 12.1. The van der Waals surface area contributed by atoms with E-state index in [0.717, 1.165) is 0 Å². The minimum Gasteiger partial charge on any atom is -0.504 e. The third-order valence-corrected chi connectivity index (χ3v) is 1.91. The van der Waals surface area contributed by atoms with E-state index in [4.69, 9.17) is 16.7 Å². The fourth-order valence-corrected chi connectivity index (χ4v) is 1.10. The van der Waals surface area contributed by atoms with Gasteiger partial charge >= 0.3 is 6.18 Å². The number of hydrogen-bond donors (Lipinski definition) is 1. The summed E-state index contributed by atoms with van der Waals surface area (Å²) in [5, 5.41) is 7.76. The highest BCUT2D eigenvalue weighted by Crippen LogP contribution is 2.41. The van der Waals surface area contributed by atoms with E-state index in [0.29, 0.717) is 0 Å². The van der Waals surface area contributed by atoms with Crippen LogP contribution < -0.4 is 0 Å². The van der Waals surface area contributed by atoms with Crippen LogP contribution in [0.3, 0.4) is 0 Å². The van der Waals surface area contributed by atoms with Crippen LogP contribution in [0.4, 0.5) is 22.0 Å². The summed E-state index contributed by atoms with van der Waals surface area (Å²) in [5.41, 5.74) is -2.63. The van der Waals surface area contributed by atoms with E-state index in [1.165, 1.54) is 0 Å². The van der Waals surface area contributed by atoms with Gasteiger partial charge < -0.3 is 5.11 Å². The lowest BCUT2D eigenvalue weighted by Crippen LogP contribution is -2.08. The number of pyridine rings is 1. The van der Waals surface area contributed by atoms with Crippen molar-refractivity contribution in [2.75, 3.05) is 0 Å². The molecule has 0 radical (unpaired) electrons. The van der Waals surface area contributed by atoms with Crippen molar-refractivity contribution in [3.05, 3.63) is 22.5 Å². The molecule has 0 atom stereocenters. The number of nitrogens with zero attached hydrogens (tertiary/aromatic N) is 1. The summed E-state index contributed by atoms with van der Waals surface area (Å²) in [6, 6.07) is 0. The van der Waals surface area contributed by atoms with Gasteiger partial charge in [-0.3, -0.25) is 4.98 Å². The topological polar surface area (TPSA) is 33.1 Å². The summed E-state index contributed by atoms with van der Waals surface area (Å²) in [7, 11) is 0. The molecule has 8 heteroatoms. The predicted molar refractivity (Wildman–Crippen MR) is 40.9 cm³/mol. The van der Waals surface area contributed by atoms with E-state index in [-0.39, 0.29) is 6.20 Å². The summed E-state index contributed by atoms with van der Waals surface area (Å²) in [4.78, 5) is 2.80. The Balaban J connectivity index is 3.34. The first-order valence-corrected chi connectivity index (χ1v) is 3.85. The Morgan fingerprint density at radius 1 is 1.33 bits per heavy atom. The maximum Gasteiger partial charge on any atom is 0.419 e. The van der Waals surface area contributed by atoms with Gasteiger partial charge in [0.1, 0.15) is 5.69 Å². The minimum atomic E-state index is -4.85. The molecule has 15 heavy (non-hydrogen) atoms. The fraction of sp³-hybridized carbons (Fsp3) is 0.286. The molecular weight excluding hydrogens is 245 g/mol. The molecule has 0 saturated carbocycles. The standard InChI is InChI=1S/C7H3ClF5NO/c8-3-2(7(11,12)13)1-14-4(5(3)15)6(9)10/h1,6,15H. The SMILES string of the molecule is Oc1c(C(F)F)ncc(C(F)(F)F)c1Cl. The molecule has 1 aromatic rings. The molecule has 1 aromatic heterocycles. The lowest BCUT2D eigenvalue weighted by atomic mass is 10.2. The van der Waals surface area contributed by atoms with Crippen molar-refractivity contribution in [3.63, 3.8) is 0 Å². The quantitative estimate of drug-likeness (QED) is 0.772. The molecular formula is C7H3ClF5NO. The van der Waals surface area contributed by atoms with E-state index < -0.39 is 34.6 Å². The van der Waals surface area contributed by atoms with Gasteiger partial charge in [-0.05, 0) is 0 Å². The average Bonchev–Trinajstić information content (AvgIpc) is 2.06. The molecule has 1 rings (SSSR count). The highest BCUT2D eigenvalue weighted by molar-refractivity contribution is 6.32. The molecule has 0 unspecified atom stereocenters. The Labute approximate surface area is 85.3 Å². The zero-order valence-electron chi connectivity index (χ0n) is 6.82. The molecule has 2 nitrogen and oxygen atoms in total. The van der Waals surface area contributed by atoms with Crippen molar-refractivity contribution in [3.8, 4) is 5.75 Å². The van der Waals surface area contributed by atoms with Crippen LogP contribution in [0.5, 0.6) is 5.75 Å². The van der Waals surface area contributed by atoms with Crippen LogP contribution in [0, 0.1) is 0 Å². The summed E-state index contributed by atoms with van der Waals surface area (Å²) < 4.78 is 60.6. The number of aromatic hydroxyl groups is 1. The molecule has 1 N–H and O–H groups in total. The van der Waals surface area contributed by atoms with Gasteiger partial charge in [-0.2, -0.15) is 13.2 Å². The lowest BCUT2D eigenvalue weighted by molar-refractivity contribution is -0.137. The normalized spacial score (nSPS) is 12.2. The van der Waals surface area contributed by atoms with E-state index in [9.17, 15) is 22.0 Å². The second-order valence-electron chi connectivity index (χ2n) is 2.52. The van der Waals surface area contributed by atoms with Gasteiger partial charge in [0.2, 0.25) is 0 Å². The van der Waals surface area contributed by atoms with Gasteiger partial charge in [0.15, 0.2) is 5.75 Å². The van der Waals surface area contributed by atoms with Crippen LogP contribution in [0.1, 0.15) is 17.7 Å². The Morgan fingerprint density at radius 2 is 1.87 bits per heavy atom. The van der Waals surface area contributed by atoms with Crippen molar-refractivity contribution in [1.82, 2.24) is 4.98 Å². The summed E-state index contributed by atoms with van der Waals surface area (Å²) >= 11 is 5.08. The van der Waals surface area contributed by atoms with Crippen LogP contribution in [0.25, 0.3) is 0 Å². The van der Waals surface area contributed by atoms with Crippen molar-refractivity contribution >= 4 is 11.6 Å². The van der Waals surface area contributed by atoms with Crippen molar-refractivity contribution in [2.45, 2.75) is 12.6 Å². The van der Waals surface area contributed by atoms with Gasteiger partial charge in [-0.15, -0.1) is 0 Å². The maximum atomic E-state index is 12.1. The Morgan fingerprint density at radius 3 is 2.27 bits per heavy atom. The minimum absolute atomic E-state index is 0.156.